The zero-order valence-corrected chi connectivity index (χ0v) is 21.2. The number of nitrogens with one attached hydrogen (secondary N) is 1. The molecule has 0 aliphatic carbocycles. The summed E-state index contributed by atoms with van der Waals surface area (Å²) in [5.74, 6) is -0.542. The highest BCUT2D eigenvalue weighted by atomic mass is 32.1. The van der Waals surface area contributed by atoms with E-state index in [4.69, 9.17) is 4.98 Å². The number of benzene rings is 3. The van der Waals surface area contributed by atoms with Crippen molar-refractivity contribution in [2.24, 2.45) is 5.92 Å². The number of para-hydroxylation sites is 1. The van der Waals surface area contributed by atoms with Gasteiger partial charge in [-0.2, -0.15) is 0 Å². The molecule has 0 spiro atoms. The molecular weight excluding hydrogens is 470 g/mol. The molecule has 36 heavy (non-hydrogen) atoms. The van der Waals surface area contributed by atoms with Crippen LogP contribution < -0.4 is 10.9 Å². The highest BCUT2D eigenvalue weighted by Gasteiger charge is 2.22. The molecule has 0 saturated heterocycles. The normalized spacial score (nSPS) is 11.4. The van der Waals surface area contributed by atoms with Crippen LogP contribution >= 0.6 is 11.3 Å². The summed E-state index contributed by atoms with van der Waals surface area (Å²) >= 11 is 1.62. The zero-order chi connectivity index (χ0) is 25.4. The number of hydrogen-bond donors (Lipinski definition) is 2. The monoisotopic (exact) mass is 497 g/mol. The standard InChI is InChI=1S/C29H27N3O3S/c1-17(2)14-15-32-23-7-5-4-6-21(23)26(33)25(29(32)35)27(34)30-20-11-9-19(10-12-20)28-31-22-13-8-18(3)16-24(22)36-28/h4-13,16-17,33H,14-15H2,1-3H3,(H,30,34). The van der Waals surface area contributed by atoms with E-state index in [9.17, 15) is 14.7 Å². The first-order chi connectivity index (χ1) is 17.3. The van der Waals surface area contributed by atoms with Gasteiger partial charge in [0.1, 0.15) is 16.3 Å². The van der Waals surface area contributed by atoms with Gasteiger partial charge >= 0.3 is 0 Å². The van der Waals surface area contributed by atoms with Crippen LogP contribution in [0.15, 0.2) is 71.5 Å². The molecule has 0 fully saturated rings. The van der Waals surface area contributed by atoms with Gasteiger partial charge < -0.3 is 15.0 Å². The second kappa shape index (κ2) is 9.59. The molecule has 0 aliphatic rings. The van der Waals surface area contributed by atoms with Crippen molar-refractivity contribution in [3.05, 3.63) is 88.2 Å². The summed E-state index contributed by atoms with van der Waals surface area (Å²) in [6.45, 7) is 6.69. The molecular formula is C29H27N3O3S. The molecule has 0 atom stereocenters. The van der Waals surface area contributed by atoms with Gasteiger partial charge in [-0.15, -0.1) is 11.3 Å². The number of nitrogens with zero attached hydrogens (tertiary/aromatic N) is 2. The fraction of sp³-hybridized carbons (Fsp3) is 0.207. The van der Waals surface area contributed by atoms with Crippen molar-refractivity contribution in [3.8, 4) is 16.3 Å². The van der Waals surface area contributed by atoms with Crippen molar-refractivity contribution in [1.29, 1.82) is 0 Å². The molecule has 0 saturated carbocycles. The number of aryl methyl sites for hydroxylation is 2. The highest BCUT2D eigenvalue weighted by Crippen LogP contribution is 2.32. The number of anilines is 1. The summed E-state index contributed by atoms with van der Waals surface area (Å²) in [6.07, 6.45) is 0.780. The number of hydrogen-bond acceptors (Lipinski definition) is 5. The first-order valence-corrected chi connectivity index (χ1v) is 12.8. The largest absolute Gasteiger partial charge is 0.506 e. The van der Waals surface area contributed by atoms with Crippen LogP contribution in [0.5, 0.6) is 5.75 Å². The van der Waals surface area contributed by atoms with Crippen LogP contribution in [0.1, 0.15) is 36.2 Å². The van der Waals surface area contributed by atoms with Gasteiger partial charge in [-0.3, -0.25) is 9.59 Å². The lowest BCUT2D eigenvalue weighted by atomic mass is 10.1. The van der Waals surface area contributed by atoms with Crippen LogP contribution in [0, 0.1) is 12.8 Å². The zero-order valence-electron chi connectivity index (χ0n) is 20.4. The second-order valence-corrected chi connectivity index (χ2v) is 10.4. The minimum Gasteiger partial charge on any atom is -0.506 e. The van der Waals surface area contributed by atoms with Gasteiger partial charge in [-0.05, 0) is 73.4 Å². The van der Waals surface area contributed by atoms with Crippen LogP contribution in [-0.4, -0.2) is 20.6 Å². The van der Waals surface area contributed by atoms with Gasteiger partial charge in [0.05, 0.1) is 15.7 Å². The number of thiazole rings is 1. The van der Waals surface area contributed by atoms with Crippen LogP contribution in [0.25, 0.3) is 31.7 Å². The Hall–Kier alpha value is -3.97. The van der Waals surface area contributed by atoms with E-state index in [1.165, 1.54) is 5.56 Å². The molecule has 0 aliphatic heterocycles. The minimum absolute atomic E-state index is 0.247. The molecule has 0 bridgehead atoms. The SMILES string of the molecule is Cc1ccc2nc(-c3ccc(NC(=O)c4c(O)c5ccccc5n(CCC(C)C)c4=O)cc3)sc2c1. The Bertz CT molecular complexity index is 1650. The van der Waals surface area contributed by atoms with Crippen molar-refractivity contribution in [2.75, 3.05) is 5.32 Å². The molecule has 2 aromatic heterocycles. The number of aromatic nitrogens is 2. The number of fused-ring (bicyclic) bond motifs is 2. The van der Waals surface area contributed by atoms with Gasteiger partial charge in [-0.25, -0.2) is 4.98 Å². The third kappa shape index (κ3) is 4.50. The molecule has 5 aromatic rings. The summed E-state index contributed by atoms with van der Waals surface area (Å²) in [5, 5.41) is 15.0. The van der Waals surface area contributed by atoms with E-state index < -0.39 is 11.5 Å². The summed E-state index contributed by atoms with van der Waals surface area (Å²) in [4.78, 5) is 31.2. The number of rotatable bonds is 6. The van der Waals surface area contributed by atoms with E-state index in [0.29, 0.717) is 29.1 Å². The fourth-order valence-electron chi connectivity index (χ4n) is 4.25. The molecule has 0 radical (unpaired) electrons. The third-order valence-electron chi connectivity index (χ3n) is 6.24. The van der Waals surface area contributed by atoms with E-state index in [0.717, 1.165) is 27.2 Å². The van der Waals surface area contributed by atoms with Gasteiger partial charge in [0.25, 0.3) is 11.5 Å². The molecule has 2 N–H and O–H groups in total. The Morgan fingerprint density at radius 3 is 2.58 bits per heavy atom. The Labute approximate surface area is 212 Å². The average molecular weight is 498 g/mol. The quantitative estimate of drug-likeness (QED) is 0.277. The Morgan fingerprint density at radius 1 is 1.08 bits per heavy atom. The Balaban J connectivity index is 1.45. The van der Waals surface area contributed by atoms with Crippen molar-refractivity contribution in [1.82, 2.24) is 9.55 Å². The summed E-state index contributed by atoms with van der Waals surface area (Å²) in [5.41, 5.74) is 3.49. The number of aromatic hydroxyl groups is 1. The Kier molecular flexibility index (Phi) is 6.33. The molecule has 2 heterocycles. The lowest BCUT2D eigenvalue weighted by Gasteiger charge is -2.16. The topological polar surface area (TPSA) is 84.2 Å². The number of carbonyl (C=O) groups excluding carboxylic acids is 1. The first-order valence-electron chi connectivity index (χ1n) is 12.0. The molecule has 5 rings (SSSR count). The van der Waals surface area contributed by atoms with E-state index in [1.807, 2.05) is 30.3 Å². The highest BCUT2D eigenvalue weighted by molar-refractivity contribution is 7.21. The predicted molar refractivity (Wildman–Crippen MR) is 147 cm³/mol. The minimum atomic E-state index is -0.634. The lowest BCUT2D eigenvalue weighted by Crippen LogP contribution is -2.30. The maximum Gasteiger partial charge on any atom is 0.267 e. The van der Waals surface area contributed by atoms with E-state index in [2.05, 4.69) is 32.2 Å². The maximum atomic E-state index is 13.3. The number of amides is 1. The van der Waals surface area contributed by atoms with Crippen LogP contribution in [-0.2, 0) is 6.54 Å². The van der Waals surface area contributed by atoms with Crippen molar-refractivity contribution >= 4 is 44.1 Å². The summed E-state index contributed by atoms with van der Waals surface area (Å²) in [7, 11) is 0. The second-order valence-electron chi connectivity index (χ2n) is 9.40. The molecule has 6 nitrogen and oxygen atoms in total. The maximum absolute atomic E-state index is 13.3. The lowest BCUT2D eigenvalue weighted by molar-refractivity contribution is 0.102. The van der Waals surface area contributed by atoms with Crippen LogP contribution in [0.4, 0.5) is 5.69 Å². The van der Waals surface area contributed by atoms with Gasteiger partial charge in [0.2, 0.25) is 0 Å². The van der Waals surface area contributed by atoms with Crippen molar-refractivity contribution in [2.45, 2.75) is 33.7 Å². The summed E-state index contributed by atoms with van der Waals surface area (Å²) < 4.78 is 2.71. The van der Waals surface area contributed by atoms with Crippen molar-refractivity contribution in [3.63, 3.8) is 0 Å². The number of carbonyl (C=O) groups is 1. The predicted octanol–water partition coefficient (Wildman–Crippen LogP) is 6.59. The molecule has 3 aromatic carbocycles. The van der Waals surface area contributed by atoms with Gasteiger partial charge in [-0.1, -0.05) is 32.0 Å². The first kappa shape index (κ1) is 23.8. The van der Waals surface area contributed by atoms with E-state index >= 15 is 0 Å². The molecule has 1 amide bonds. The van der Waals surface area contributed by atoms with Crippen LogP contribution in [0.3, 0.4) is 0 Å². The van der Waals surface area contributed by atoms with E-state index in [1.54, 1.807) is 46.2 Å². The molecule has 182 valence electrons. The smallest absolute Gasteiger partial charge is 0.267 e. The van der Waals surface area contributed by atoms with Gasteiger partial charge in [0, 0.05) is 23.2 Å². The molecule has 0 unspecified atom stereocenters. The van der Waals surface area contributed by atoms with Crippen molar-refractivity contribution < 1.29 is 9.90 Å². The van der Waals surface area contributed by atoms with Gasteiger partial charge in [0.15, 0.2) is 0 Å². The molecule has 7 heteroatoms. The average Bonchev–Trinajstić information content (AvgIpc) is 3.27. The third-order valence-corrected chi connectivity index (χ3v) is 7.30. The fourth-order valence-corrected chi connectivity index (χ4v) is 5.32. The van der Waals surface area contributed by atoms with E-state index in [-0.39, 0.29) is 11.3 Å². The van der Waals surface area contributed by atoms with Crippen LogP contribution in [0.2, 0.25) is 0 Å². The number of pyridine rings is 1. The summed E-state index contributed by atoms with van der Waals surface area (Å²) in [6, 6.07) is 20.6. The Morgan fingerprint density at radius 2 is 1.83 bits per heavy atom.